The van der Waals surface area contributed by atoms with Gasteiger partial charge in [-0.15, -0.1) is 0 Å². The number of furan rings is 1. The van der Waals surface area contributed by atoms with Crippen LogP contribution in [0.3, 0.4) is 0 Å². The fraction of sp³-hybridized carbons (Fsp3) is 0.500. The second-order valence-corrected chi connectivity index (χ2v) is 4.41. The molecular weight excluding hydrogens is 236 g/mol. The van der Waals surface area contributed by atoms with Crippen molar-refractivity contribution in [1.29, 1.82) is 0 Å². The Balaban J connectivity index is 1.87. The highest BCUT2D eigenvalue weighted by atomic mass is 16.4. The van der Waals surface area contributed by atoms with E-state index in [0.29, 0.717) is 5.76 Å². The minimum absolute atomic E-state index is 0.117. The fourth-order valence-electron chi connectivity index (χ4n) is 2.09. The van der Waals surface area contributed by atoms with Gasteiger partial charge in [0.25, 0.3) is 0 Å². The maximum absolute atomic E-state index is 11.8. The predicted octanol–water partition coefficient (Wildman–Crippen LogP) is 1.67. The Morgan fingerprint density at radius 3 is 2.89 bits per heavy atom. The molecule has 98 valence electrons. The van der Waals surface area contributed by atoms with Gasteiger partial charge in [-0.05, 0) is 31.9 Å². The van der Waals surface area contributed by atoms with E-state index in [-0.39, 0.29) is 24.4 Å². The number of carboxylic acids is 1. The van der Waals surface area contributed by atoms with Crippen molar-refractivity contribution in [2.24, 2.45) is 0 Å². The van der Waals surface area contributed by atoms with Gasteiger partial charge in [0.15, 0.2) is 0 Å². The summed E-state index contributed by atoms with van der Waals surface area (Å²) in [6, 6.07) is 3.06. The minimum Gasteiger partial charge on any atom is -0.475 e. The molecule has 1 saturated heterocycles. The number of likely N-dealkylation sites (tertiary alicyclic amines) is 1. The normalized spacial score (nSPS) is 18.9. The largest absolute Gasteiger partial charge is 0.475 e. The molecule has 0 aliphatic carbocycles. The SMILES string of the molecule is CC1CCCN1C(=O)NCc1ccc(C(=O)O)o1. The van der Waals surface area contributed by atoms with E-state index >= 15 is 0 Å². The van der Waals surface area contributed by atoms with E-state index in [2.05, 4.69) is 5.32 Å². The highest BCUT2D eigenvalue weighted by Gasteiger charge is 2.24. The molecule has 1 aromatic heterocycles. The maximum Gasteiger partial charge on any atom is 0.371 e. The lowest BCUT2D eigenvalue weighted by molar-refractivity contribution is 0.0660. The number of carboxylic acid groups (broad SMARTS) is 1. The number of rotatable bonds is 3. The number of carbonyl (C=O) groups excluding carboxylic acids is 1. The van der Waals surface area contributed by atoms with Crippen LogP contribution in [0.1, 0.15) is 36.1 Å². The molecule has 6 heteroatoms. The summed E-state index contributed by atoms with van der Waals surface area (Å²) in [5, 5.41) is 11.4. The van der Waals surface area contributed by atoms with E-state index in [0.717, 1.165) is 19.4 Å². The Bertz CT molecular complexity index is 455. The van der Waals surface area contributed by atoms with Gasteiger partial charge in [0.1, 0.15) is 5.76 Å². The molecule has 2 N–H and O–H groups in total. The number of aromatic carboxylic acids is 1. The van der Waals surface area contributed by atoms with Crippen LogP contribution in [0.25, 0.3) is 0 Å². The van der Waals surface area contributed by atoms with Crippen LogP contribution < -0.4 is 5.32 Å². The lowest BCUT2D eigenvalue weighted by Crippen LogP contribution is -2.41. The first kappa shape index (κ1) is 12.5. The van der Waals surface area contributed by atoms with Crippen LogP contribution >= 0.6 is 0 Å². The van der Waals surface area contributed by atoms with Crippen molar-refractivity contribution in [3.05, 3.63) is 23.7 Å². The lowest BCUT2D eigenvalue weighted by Gasteiger charge is -2.21. The Morgan fingerprint density at radius 2 is 2.33 bits per heavy atom. The Morgan fingerprint density at radius 1 is 1.56 bits per heavy atom. The summed E-state index contributed by atoms with van der Waals surface area (Å²) in [5.74, 6) is -0.790. The van der Waals surface area contributed by atoms with Crippen molar-refractivity contribution in [3.8, 4) is 0 Å². The van der Waals surface area contributed by atoms with Crippen LogP contribution in [0.2, 0.25) is 0 Å². The van der Waals surface area contributed by atoms with E-state index in [1.54, 1.807) is 11.0 Å². The Kier molecular flexibility index (Phi) is 3.55. The summed E-state index contributed by atoms with van der Waals surface area (Å²) >= 11 is 0. The van der Waals surface area contributed by atoms with Crippen LogP contribution in [0, 0.1) is 0 Å². The summed E-state index contributed by atoms with van der Waals surface area (Å²) in [7, 11) is 0. The molecule has 0 aromatic carbocycles. The second-order valence-electron chi connectivity index (χ2n) is 4.41. The number of urea groups is 1. The first-order chi connectivity index (χ1) is 8.58. The zero-order chi connectivity index (χ0) is 13.1. The van der Waals surface area contributed by atoms with Crippen molar-refractivity contribution in [2.45, 2.75) is 32.4 Å². The number of amides is 2. The van der Waals surface area contributed by atoms with Crippen molar-refractivity contribution in [3.63, 3.8) is 0 Å². The third kappa shape index (κ3) is 2.64. The van der Waals surface area contributed by atoms with Crippen molar-refractivity contribution in [2.75, 3.05) is 6.54 Å². The second kappa shape index (κ2) is 5.12. The minimum atomic E-state index is -1.11. The van der Waals surface area contributed by atoms with Crippen LogP contribution in [0.4, 0.5) is 4.79 Å². The molecule has 18 heavy (non-hydrogen) atoms. The highest BCUT2D eigenvalue weighted by Crippen LogP contribution is 2.16. The lowest BCUT2D eigenvalue weighted by atomic mass is 10.2. The van der Waals surface area contributed by atoms with E-state index in [1.165, 1.54) is 6.07 Å². The Hall–Kier alpha value is -1.98. The van der Waals surface area contributed by atoms with Gasteiger partial charge in [0.05, 0.1) is 6.54 Å². The molecule has 1 atom stereocenters. The van der Waals surface area contributed by atoms with Gasteiger partial charge in [-0.25, -0.2) is 9.59 Å². The van der Waals surface area contributed by atoms with Gasteiger partial charge in [-0.2, -0.15) is 0 Å². The molecule has 2 heterocycles. The van der Waals surface area contributed by atoms with E-state index in [1.807, 2.05) is 6.92 Å². The van der Waals surface area contributed by atoms with E-state index < -0.39 is 5.97 Å². The average molecular weight is 252 g/mol. The number of hydrogen-bond donors (Lipinski definition) is 2. The molecule has 1 aliphatic rings. The maximum atomic E-state index is 11.8. The van der Waals surface area contributed by atoms with E-state index in [9.17, 15) is 9.59 Å². The molecule has 0 radical (unpaired) electrons. The average Bonchev–Trinajstić information content (AvgIpc) is 2.94. The number of hydrogen-bond acceptors (Lipinski definition) is 3. The molecule has 6 nitrogen and oxygen atoms in total. The summed E-state index contributed by atoms with van der Waals surface area (Å²) in [4.78, 5) is 24.2. The first-order valence-corrected chi connectivity index (χ1v) is 5.94. The smallest absolute Gasteiger partial charge is 0.371 e. The fourth-order valence-corrected chi connectivity index (χ4v) is 2.09. The zero-order valence-corrected chi connectivity index (χ0v) is 10.2. The standard InChI is InChI=1S/C12H16N2O4/c1-8-3-2-6-14(8)12(17)13-7-9-4-5-10(18-9)11(15)16/h4-5,8H,2-3,6-7H2,1H3,(H,13,17)(H,15,16). The molecule has 0 saturated carbocycles. The monoisotopic (exact) mass is 252 g/mol. The van der Waals surface area contributed by atoms with E-state index in [4.69, 9.17) is 9.52 Å². The third-order valence-corrected chi connectivity index (χ3v) is 3.10. The Labute approximate surface area is 105 Å². The van der Waals surface area contributed by atoms with Crippen molar-refractivity contribution < 1.29 is 19.1 Å². The van der Waals surface area contributed by atoms with Crippen LogP contribution in [0.15, 0.2) is 16.5 Å². The van der Waals surface area contributed by atoms with Gasteiger partial charge in [0, 0.05) is 12.6 Å². The molecule has 1 fully saturated rings. The summed E-state index contributed by atoms with van der Waals surface area (Å²) < 4.78 is 5.05. The van der Waals surface area contributed by atoms with Gasteiger partial charge in [0.2, 0.25) is 5.76 Å². The van der Waals surface area contributed by atoms with Crippen LogP contribution in [-0.2, 0) is 6.54 Å². The topological polar surface area (TPSA) is 82.8 Å². The zero-order valence-electron chi connectivity index (χ0n) is 10.2. The van der Waals surface area contributed by atoms with Gasteiger partial charge >= 0.3 is 12.0 Å². The number of carbonyl (C=O) groups is 2. The molecule has 0 bridgehead atoms. The molecule has 1 aliphatic heterocycles. The molecule has 1 aromatic rings. The third-order valence-electron chi connectivity index (χ3n) is 3.10. The summed E-state index contributed by atoms with van der Waals surface area (Å²) in [5.41, 5.74) is 0. The van der Waals surface area contributed by atoms with Gasteiger partial charge in [-0.3, -0.25) is 0 Å². The molecular formula is C12H16N2O4. The molecule has 2 rings (SSSR count). The van der Waals surface area contributed by atoms with Crippen molar-refractivity contribution >= 4 is 12.0 Å². The number of nitrogens with one attached hydrogen (secondary N) is 1. The van der Waals surface area contributed by atoms with Crippen molar-refractivity contribution in [1.82, 2.24) is 10.2 Å². The van der Waals surface area contributed by atoms with Crippen LogP contribution in [-0.4, -0.2) is 34.6 Å². The number of nitrogens with zero attached hydrogens (tertiary/aromatic N) is 1. The molecule has 1 unspecified atom stereocenters. The molecule has 0 spiro atoms. The van der Waals surface area contributed by atoms with Gasteiger partial charge < -0.3 is 19.7 Å². The summed E-state index contributed by atoms with van der Waals surface area (Å²) in [6.07, 6.45) is 2.05. The molecule has 2 amide bonds. The van der Waals surface area contributed by atoms with Crippen LogP contribution in [0.5, 0.6) is 0 Å². The highest BCUT2D eigenvalue weighted by molar-refractivity contribution is 5.84. The predicted molar refractivity (Wildman–Crippen MR) is 63.3 cm³/mol. The first-order valence-electron chi connectivity index (χ1n) is 5.94. The van der Waals surface area contributed by atoms with Gasteiger partial charge in [-0.1, -0.05) is 0 Å². The quantitative estimate of drug-likeness (QED) is 0.857. The summed E-state index contributed by atoms with van der Waals surface area (Å²) in [6.45, 7) is 2.99.